The third-order valence-corrected chi connectivity index (χ3v) is 4.68. The Morgan fingerprint density at radius 3 is 2.75 bits per heavy atom. The van der Waals surface area contributed by atoms with Gasteiger partial charge in [-0.25, -0.2) is 4.98 Å². The molecule has 5 nitrogen and oxygen atoms in total. The van der Waals surface area contributed by atoms with E-state index in [0.717, 1.165) is 12.1 Å². The summed E-state index contributed by atoms with van der Waals surface area (Å²) >= 11 is 0. The van der Waals surface area contributed by atoms with Crippen LogP contribution in [0.2, 0.25) is 0 Å². The molecule has 1 N–H and O–H groups in total. The van der Waals surface area contributed by atoms with Gasteiger partial charge in [0.05, 0.1) is 5.56 Å². The van der Waals surface area contributed by atoms with Crippen molar-refractivity contribution in [2.24, 2.45) is 0 Å². The summed E-state index contributed by atoms with van der Waals surface area (Å²) in [5.41, 5.74) is -0.250. The van der Waals surface area contributed by atoms with E-state index in [9.17, 15) is 18.0 Å². The monoisotopic (exact) mass is 393 g/mol. The number of likely N-dealkylation sites (N-methyl/N-ethyl adjacent to an activating group) is 1. The van der Waals surface area contributed by atoms with Gasteiger partial charge in [-0.3, -0.25) is 4.79 Å². The quantitative estimate of drug-likeness (QED) is 0.848. The molecule has 1 aromatic heterocycles. The molecule has 2 aromatic rings. The van der Waals surface area contributed by atoms with E-state index in [1.807, 2.05) is 19.0 Å². The SMILES string of the molecule is CN(C)CCNC(=O)C1(C)Cc2c(-c3cccc(C(F)(F)F)c3)ccnc2O1. The van der Waals surface area contributed by atoms with Crippen LogP contribution in [-0.2, 0) is 17.4 Å². The lowest BCUT2D eigenvalue weighted by molar-refractivity contribution is -0.137. The predicted molar refractivity (Wildman–Crippen MR) is 99.0 cm³/mol. The first-order valence-electron chi connectivity index (χ1n) is 8.88. The highest BCUT2D eigenvalue weighted by atomic mass is 19.4. The van der Waals surface area contributed by atoms with Gasteiger partial charge >= 0.3 is 6.18 Å². The number of nitrogens with one attached hydrogen (secondary N) is 1. The van der Waals surface area contributed by atoms with E-state index in [1.54, 1.807) is 19.1 Å². The molecule has 1 amide bonds. The number of carbonyl (C=O) groups is 1. The molecule has 0 saturated heterocycles. The number of pyridine rings is 1. The first kappa shape index (κ1) is 20.1. The summed E-state index contributed by atoms with van der Waals surface area (Å²) in [5.74, 6) is 0.00233. The van der Waals surface area contributed by atoms with Gasteiger partial charge in [0.15, 0.2) is 5.60 Å². The van der Waals surface area contributed by atoms with Crippen molar-refractivity contribution in [1.82, 2.24) is 15.2 Å². The Bertz CT molecular complexity index is 883. The minimum absolute atomic E-state index is 0.232. The standard InChI is InChI=1S/C20H22F3N3O2/c1-19(18(27)25-9-10-26(2)3)12-16-15(7-8-24-17(16)28-19)13-5-4-6-14(11-13)20(21,22)23/h4-8,11H,9-10,12H2,1-3H3,(H,25,27). The fraction of sp³-hybridized carbons (Fsp3) is 0.400. The van der Waals surface area contributed by atoms with Crippen molar-refractivity contribution in [3.05, 3.63) is 47.7 Å². The van der Waals surface area contributed by atoms with Crippen LogP contribution in [-0.4, -0.2) is 48.6 Å². The first-order valence-corrected chi connectivity index (χ1v) is 8.88. The molecule has 0 fully saturated rings. The van der Waals surface area contributed by atoms with Gasteiger partial charge in [-0.15, -0.1) is 0 Å². The fourth-order valence-electron chi connectivity index (χ4n) is 3.16. The van der Waals surface area contributed by atoms with Gasteiger partial charge in [0.25, 0.3) is 5.91 Å². The topological polar surface area (TPSA) is 54.5 Å². The van der Waals surface area contributed by atoms with Crippen LogP contribution < -0.4 is 10.1 Å². The number of fused-ring (bicyclic) bond motifs is 1. The van der Waals surface area contributed by atoms with Gasteiger partial charge in [-0.1, -0.05) is 12.1 Å². The smallest absolute Gasteiger partial charge is 0.416 e. The Morgan fingerprint density at radius 2 is 2.07 bits per heavy atom. The van der Waals surface area contributed by atoms with Gasteiger partial charge < -0.3 is 15.0 Å². The van der Waals surface area contributed by atoms with Crippen LogP contribution in [0, 0.1) is 0 Å². The Kier molecular flexibility index (Phi) is 5.34. The largest absolute Gasteiger partial charge is 0.461 e. The van der Waals surface area contributed by atoms with E-state index in [-0.39, 0.29) is 18.2 Å². The molecule has 1 aliphatic rings. The summed E-state index contributed by atoms with van der Waals surface area (Å²) in [6, 6.07) is 6.76. The van der Waals surface area contributed by atoms with Gasteiger partial charge in [0.2, 0.25) is 5.88 Å². The number of amides is 1. The van der Waals surface area contributed by atoms with Crippen LogP contribution >= 0.6 is 0 Å². The normalized spacial score (nSPS) is 18.7. The Balaban J connectivity index is 1.87. The first-order chi connectivity index (χ1) is 13.1. The molecular formula is C20H22F3N3O2. The zero-order chi connectivity index (χ0) is 20.5. The van der Waals surface area contributed by atoms with E-state index >= 15 is 0 Å². The number of alkyl halides is 3. The second kappa shape index (κ2) is 7.43. The van der Waals surface area contributed by atoms with Gasteiger partial charge in [0.1, 0.15) is 0 Å². The maximum atomic E-state index is 13.1. The molecule has 3 rings (SSSR count). The molecule has 0 spiro atoms. The molecule has 150 valence electrons. The highest BCUT2D eigenvalue weighted by Gasteiger charge is 2.43. The van der Waals surface area contributed by atoms with Crippen LogP contribution in [0.4, 0.5) is 13.2 Å². The lowest BCUT2D eigenvalue weighted by Crippen LogP contribution is -2.49. The van der Waals surface area contributed by atoms with Crippen molar-refractivity contribution < 1.29 is 22.7 Å². The van der Waals surface area contributed by atoms with Gasteiger partial charge in [-0.05, 0) is 50.3 Å². The number of aromatic nitrogens is 1. The lowest BCUT2D eigenvalue weighted by atomic mass is 9.92. The van der Waals surface area contributed by atoms with Crippen LogP contribution in [0.25, 0.3) is 11.1 Å². The highest BCUT2D eigenvalue weighted by Crippen LogP contribution is 2.40. The number of nitrogens with zero attached hydrogens (tertiary/aromatic N) is 2. The summed E-state index contributed by atoms with van der Waals surface area (Å²) in [6.45, 7) is 2.81. The number of carbonyl (C=O) groups excluding carboxylic acids is 1. The Labute approximate surface area is 161 Å². The second-order valence-corrected chi connectivity index (χ2v) is 7.29. The van der Waals surface area contributed by atoms with Crippen molar-refractivity contribution in [1.29, 1.82) is 0 Å². The highest BCUT2D eigenvalue weighted by molar-refractivity contribution is 5.87. The van der Waals surface area contributed by atoms with E-state index < -0.39 is 17.3 Å². The average molecular weight is 393 g/mol. The Morgan fingerprint density at radius 1 is 1.32 bits per heavy atom. The average Bonchev–Trinajstić information content (AvgIpc) is 2.98. The molecule has 0 saturated carbocycles. The van der Waals surface area contributed by atoms with Crippen molar-refractivity contribution in [3.8, 4) is 17.0 Å². The summed E-state index contributed by atoms with van der Waals surface area (Å²) in [7, 11) is 3.81. The molecule has 0 radical (unpaired) electrons. The van der Waals surface area contributed by atoms with Crippen LogP contribution in [0.3, 0.4) is 0 Å². The van der Waals surface area contributed by atoms with Gasteiger partial charge in [-0.2, -0.15) is 13.2 Å². The Hall–Kier alpha value is -2.61. The molecule has 8 heteroatoms. The van der Waals surface area contributed by atoms with Crippen molar-refractivity contribution in [2.75, 3.05) is 27.2 Å². The van der Waals surface area contributed by atoms with E-state index in [2.05, 4.69) is 10.3 Å². The second-order valence-electron chi connectivity index (χ2n) is 7.29. The molecule has 2 heterocycles. The number of ether oxygens (including phenoxy) is 1. The van der Waals surface area contributed by atoms with Crippen LogP contribution in [0.15, 0.2) is 36.5 Å². The molecular weight excluding hydrogens is 371 g/mol. The van der Waals surface area contributed by atoms with Crippen LogP contribution in [0.5, 0.6) is 5.88 Å². The third-order valence-electron chi connectivity index (χ3n) is 4.68. The number of halogens is 3. The molecule has 28 heavy (non-hydrogen) atoms. The number of hydrogen-bond donors (Lipinski definition) is 1. The third kappa shape index (κ3) is 4.11. The summed E-state index contributed by atoms with van der Waals surface area (Å²) in [6.07, 6.45) is -2.72. The molecule has 1 aromatic carbocycles. The fourth-order valence-corrected chi connectivity index (χ4v) is 3.16. The maximum absolute atomic E-state index is 13.1. The van der Waals surface area contributed by atoms with E-state index in [0.29, 0.717) is 29.8 Å². The zero-order valence-electron chi connectivity index (χ0n) is 15.9. The van der Waals surface area contributed by atoms with E-state index in [4.69, 9.17) is 4.74 Å². The summed E-state index contributed by atoms with van der Waals surface area (Å²) < 4.78 is 45.0. The van der Waals surface area contributed by atoms with Crippen molar-refractivity contribution in [2.45, 2.75) is 25.1 Å². The van der Waals surface area contributed by atoms with Crippen molar-refractivity contribution >= 4 is 5.91 Å². The minimum atomic E-state index is -4.43. The minimum Gasteiger partial charge on any atom is -0.461 e. The van der Waals surface area contributed by atoms with Crippen molar-refractivity contribution in [3.63, 3.8) is 0 Å². The zero-order valence-corrected chi connectivity index (χ0v) is 15.9. The molecule has 1 unspecified atom stereocenters. The molecule has 1 atom stereocenters. The van der Waals surface area contributed by atoms with Gasteiger partial charge in [0, 0.05) is 31.3 Å². The predicted octanol–water partition coefficient (Wildman–Crippen LogP) is 3.14. The molecule has 1 aliphatic heterocycles. The number of benzene rings is 1. The summed E-state index contributed by atoms with van der Waals surface area (Å²) in [5, 5.41) is 2.84. The number of rotatable bonds is 5. The lowest BCUT2D eigenvalue weighted by Gasteiger charge is -2.22. The summed E-state index contributed by atoms with van der Waals surface area (Å²) in [4.78, 5) is 18.7. The maximum Gasteiger partial charge on any atom is 0.416 e. The molecule has 0 bridgehead atoms. The molecule has 0 aliphatic carbocycles. The number of hydrogen-bond acceptors (Lipinski definition) is 4. The van der Waals surface area contributed by atoms with Crippen LogP contribution in [0.1, 0.15) is 18.1 Å². The van der Waals surface area contributed by atoms with E-state index in [1.165, 1.54) is 12.3 Å².